The molecule has 1 aromatic carbocycles. The number of hydrogen-bond acceptors (Lipinski definition) is 5. The molecule has 0 bridgehead atoms. The Morgan fingerprint density at radius 1 is 1.20 bits per heavy atom. The van der Waals surface area contributed by atoms with Crippen molar-refractivity contribution < 1.29 is 9.47 Å². The summed E-state index contributed by atoms with van der Waals surface area (Å²) in [6.45, 7) is 2.02. The summed E-state index contributed by atoms with van der Waals surface area (Å²) in [5.74, 6) is 2.46. The van der Waals surface area contributed by atoms with Crippen molar-refractivity contribution in [1.82, 2.24) is 9.97 Å². The lowest BCUT2D eigenvalue weighted by atomic mass is 10.1. The van der Waals surface area contributed by atoms with Gasteiger partial charge in [-0.15, -0.1) is 0 Å². The molecular formula is C14H14BrN3O2. The van der Waals surface area contributed by atoms with Gasteiger partial charge in [-0.3, -0.25) is 0 Å². The number of ether oxygens (including phenoxy) is 2. The number of hydrogen-bond donors (Lipinski definition) is 1. The van der Waals surface area contributed by atoms with Crippen molar-refractivity contribution in [3.63, 3.8) is 0 Å². The third-order valence-corrected chi connectivity index (χ3v) is 3.56. The molecule has 2 heterocycles. The zero-order valence-corrected chi connectivity index (χ0v) is 12.4. The summed E-state index contributed by atoms with van der Waals surface area (Å²) >= 11 is 3.41. The van der Waals surface area contributed by atoms with Gasteiger partial charge < -0.3 is 14.8 Å². The van der Waals surface area contributed by atoms with Gasteiger partial charge in [-0.25, -0.2) is 9.97 Å². The summed E-state index contributed by atoms with van der Waals surface area (Å²) in [5.41, 5.74) is 1.20. The zero-order chi connectivity index (χ0) is 13.8. The molecule has 0 radical (unpaired) electrons. The number of rotatable bonds is 4. The highest BCUT2D eigenvalue weighted by molar-refractivity contribution is 9.10. The fourth-order valence-electron chi connectivity index (χ4n) is 2.01. The average molecular weight is 336 g/mol. The summed E-state index contributed by atoms with van der Waals surface area (Å²) < 4.78 is 11.9. The summed E-state index contributed by atoms with van der Waals surface area (Å²) in [7, 11) is 0. The summed E-state index contributed by atoms with van der Waals surface area (Å²) in [5, 5.41) is 3.27. The summed E-state index contributed by atoms with van der Waals surface area (Å²) in [6.07, 6.45) is 4.13. The van der Waals surface area contributed by atoms with Gasteiger partial charge in [0.2, 0.25) is 0 Å². The van der Waals surface area contributed by atoms with E-state index >= 15 is 0 Å². The number of halogens is 1. The van der Waals surface area contributed by atoms with Gasteiger partial charge in [0.15, 0.2) is 11.5 Å². The van der Waals surface area contributed by atoms with Crippen molar-refractivity contribution in [3.05, 3.63) is 40.8 Å². The van der Waals surface area contributed by atoms with Gasteiger partial charge in [0.05, 0.1) is 4.47 Å². The van der Waals surface area contributed by atoms with E-state index < -0.39 is 0 Å². The average Bonchev–Trinajstić information content (AvgIpc) is 2.49. The first kappa shape index (κ1) is 13.2. The number of nitrogens with zero attached hydrogens (tertiary/aromatic N) is 2. The maximum absolute atomic E-state index is 5.57. The van der Waals surface area contributed by atoms with E-state index in [9.17, 15) is 0 Å². The normalized spacial score (nSPS) is 13.1. The van der Waals surface area contributed by atoms with Crippen molar-refractivity contribution in [3.8, 4) is 11.5 Å². The molecule has 5 nitrogen and oxygen atoms in total. The van der Waals surface area contributed by atoms with Crippen LogP contribution in [0.15, 0.2) is 35.2 Å². The Hall–Kier alpha value is -1.82. The molecule has 0 fully saturated rings. The molecule has 1 N–H and O–H groups in total. The molecule has 0 spiro atoms. The monoisotopic (exact) mass is 335 g/mol. The molecule has 6 heteroatoms. The van der Waals surface area contributed by atoms with Crippen molar-refractivity contribution in [2.24, 2.45) is 0 Å². The van der Waals surface area contributed by atoms with Gasteiger partial charge in [-0.1, -0.05) is 6.07 Å². The number of fused-ring (bicyclic) bond motifs is 1. The van der Waals surface area contributed by atoms with Crippen LogP contribution in [0.5, 0.6) is 11.5 Å². The standard InChI is InChI=1S/C14H14BrN3O2/c15-11-8-16-9-18-14(11)17-4-3-10-1-2-12-13(7-10)20-6-5-19-12/h1-2,7-9H,3-6H2,(H,16,17,18). The molecular weight excluding hydrogens is 322 g/mol. The van der Waals surface area contributed by atoms with Gasteiger partial charge in [0.25, 0.3) is 0 Å². The third kappa shape index (κ3) is 3.01. The van der Waals surface area contributed by atoms with Crippen LogP contribution < -0.4 is 14.8 Å². The molecule has 0 unspecified atom stereocenters. The quantitative estimate of drug-likeness (QED) is 0.930. The van der Waals surface area contributed by atoms with Crippen molar-refractivity contribution in [2.45, 2.75) is 6.42 Å². The van der Waals surface area contributed by atoms with Crippen LogP contribution >= 0.6 is 15.9 Å². The fraction of sp³-hybridized carbons (Fsp3) is 0.286. The molecule has 20 heavy (non-hydrogen) atoms. The number of aromatic nitrogens is 2. The SMILES string of the molecule is Brc1cncnc1NCCc1ccc2c(c1)OCCO2. The van der Waals surface area contributed by atoms with Crippen LogP contribution in [0.2, 0.25) is 0 Å². The lowest BCUT2D eigenvalue weighted by Gasteiger charge is -2.19. The van der Waals surface area contributed by atoms with E-state index in [4.69, 9.17) is 9.47 Å². The Balaban J connectivity index is 1.60. The van der Waals surface area contributed by atoms with E-state index in [1.165, 1.54) is 11.9 Å². The van der Waals surface area contributed by atoms with E-state index in [2.05, 4.69) is 37.3 Å². The molecule has 1 aliphatic heterocycles. The predicted molar refractivity (Wildman–Crippen MR) is 79.4 cm³/mol. The smallest absolute Gasteiger partial charge is 0.161 e. The summed E-state index contributed by atoms with van der Waals surface area (Å²) in [4.78, 5) is 8.10. The highest BCUT2D eigenvalue weighted by Crippen LogP contribution is 2.30. The first-order valence-electron chi connectivity index (χ1n) is 6.41. The maximum atomic E-state index is 5.57. The molecule has 0 atom stereocenters. The molecule has 0 aliphatic carbocycles. The van der Waals surface area contributed by atoms with Crippen LogP contribution in [0.3, 0.4) is 0 Å². The minimum atomic E-state index is 0.614. The predicted octanol–water partition coefficient (Wildman–Crippen LogP) is 2.66. The van der Waals surface area contributed by atoms with Gasteiger partial charge >= 0.3 is 0 Å². The molecule has 0 saturated heterocycles. The van der Waals surface area contributed by atoms with Gasteiger partial charge in [-0.2, -0.15) is 0 Å². The Labute approximate surface area is 125 Å². The van der Waals surface area contributed by atoms with E-state index in [0.29, 0.717) is 13.2 Å². The van der Waals surface area contributed by atoms with Gasteiger partial charge in [0.1, 0.15) is 25.4 Å². The number of benzene rings is 1. The lowest BCUT2D eigenvalue weighted by molar-refractivity contribution is 0.171. The van der Waals surface area contributed by atoms with Crippen molar-refractivity contribution in [2.75, 3.05) is 25.1 Å². The number of nitrogens with one attached hydrogen (secondary N) is 1. The van der Waals surface area contributed by atoms with Gasteiger partial charge in [-0.05, 0) is 40.0 Å². The second kappa shape index (κ2) is 6.09. The van der Waals surface area contributed by atoms with Crippen LogP contribution in [-0.2, 0) is 6.42 Å². The second-order valence-corrected chi connectivity index (χ2v) is 5.23. The largest absolute Gasteiger partial charge is 0.486 e. The molecule has 2 aromatic rings. The molecule has 104 valence electrons. The van der Waals surface area contributed by atoms with E-state index in [0.717, 1.165) is 34.8 Å². The minimum absolute atomic E-state index is 0.614. The van der Waals surface area contributed by atoms with Crippen molar-refractivity contribution >= 4 is 21.7 Å². The highest BCUT2D eigenvalue weighted by Gasteiger charge is 2.11. The van der Waals surface area contributed by atoms with E-state index in [1.54, 1.807) is 6.20 Å². The lowest BCUT2D eigenvalue weighted by Crippen LogP contribution is -2.15. The number of anilines is 1. The Kier molecular flexibility index (Phi) is 4.01. The molecule has 1 aromatic heterocycles. The molecule has 0 amide bonds. The Morgan fingerprint density at radius 3 is 2.90 bits per heavy atom. The highest BCUT2D eigenvalue weighted by atomic mass is 79.9. The second-order valence-electron chi connectivity index (χ2n) is 4.37. The van der Waals surface area contributed by atoms with E-state index in [-0.39, 0.29) is 0 Å². The summed E-state index contributed by atoms with van der Waals surface area (Å²) in [6, 6.07) is 6.06. The third-order valence-electron chi connectivity index (χ3n) is 2.98. The first-order valence-corrected chi connectivity index (χ1v) is 7.20. The molecule has 1 aliphatic rings. The topological polar surface area (TPSA) is 56.3 Å². The zero-order valence-electron chi connectivity index (χ0n) is 10.8. The van der Waals surface area contributed by atoms with Crippen LogP contribution in [0.1, 0.15) is 5.56 Å². The van der Waals surface area contributed by atoms with Crippen molar-refractivity contribution in [1.29, 1.82) is 0 Å². The molecule has 3 rings (SSSR count). The van der Waals surface area contributed by atoms with E-state index in [1.807, 2.05) is 12.1 Å². The maximum Gasteiger partial charge on any atom is 0.161 e. The minimum Gasteiger partial charge on any atom is -0.486 e. The van der Waals surface area contributed by atoms with Crippen LogP contribution in [-0.4, -0.2) is 29.7 Å². The molecule has 0 saturated carbocycles. The first-order chi connectivity index (χ1) is 9.83. The van der Waals surface area contributed by atoms with Gasteiger partial charge in [0, 0.05) is 12.7 Å². The van der Waals surface area contributed by atoms with Crippen LogP contribution in [0.25, 0.3) is 0 Å². The Morgan fingerprint density at radius 2 is 2.05 bits per heavy atom. The fourth-order valence-corrected chi connectivity index (χ4v) is 2.37. The van der Waals surface area contributed by atoms with Crippen LogP contribution in [0, 0.1) is 0 Å². The van der Waals surface area contributed by atoms with Crippen LogP contribution in [0.4, 0.5) is 5.82 Å². The Bertz CT molecular complexity index is 607.